The summed E-state index contributed by atoms with van der Waals surface area (Å²) < 4.78 is 27.1. The van der Waals surface area contributed by atoms with E-state index in [1.807, 2.05) is 0 Å². The van der Waals surface area contributed by atoms with Gasteiger partial charge in [0.2, 0.25) is 0 Å². The Hall–Kier alpha value is -2.85. The molecule has 8 heteroatoms. The standard InChI is InChI=1S/C15H8ClF2N3O2/c1-7(22)14-12(18)2-8(17)3-13(14)21-15(23)10-4-9(5-19)20-6-11(10)16/h2-4,6H,1H3,(H,21,23). The Labute approximate surface area is 134 Å². The highest BCUT2D eigenvalue weighted by Crippen LogP contribution is 2.24. The largest absolute Gasteiger partial charge is 0.321 e. The number of carbonyl (C=O) groups excluding carboxylic acids is 2. The number of Topliss-reactive ketones (excluding diaryl/α,β-unsaturated/α-hetero) is 1. The zero-order chi connectivity index (χ0) is 17.1. The van der Waals surface area contributed by atoms with Gasteiger partial charge in [0, 0.05) is 12.3 Å². The lowest BCUT2D eigenvalue weighted by molar-refractivity contribution is 0.101. The van der Waals surface area contributed by atoms with E-state index in [2.05, 4.69) is 10.3 Å². The normalized spacial score (nSPS) is 10.0. The molecule has 5 nitrogen and oxygen atoms in total. The smallest absolute Gasteiger partial charge is 0.257 e. The molecule has 1 aromatic carbocycles. The zero-order valence-electron chi connectivity index (χ0n) is 11.7. The molecule has 0 bridgehead atoms. The molecule has 1 heterocycles. The van der Waals surface area contributed by atoms with E-state index in [1.54, 1.807) is 6.07 Å². The number of anilines is 1. The van der Waals surface area contributed by atoms with Crippen LogP contribution in [0.25, 0.3) is 0 Å². The summed E-state index contributed by atoms with van der Waals surface area (Å²) in [5, 5.41) is 11.0. The van der Waals surface area contributed by atoms with Crippen LogP contribution in [0.1, 0.15) is 33.3 Å². The number of pyridine rings is 1. The maximum absolute atomic E-state index is 13.7. The van der Waals surface area contributed by atoms with Crippen LogP contribution in [0, 0.1) is 23.0 Å². The van der Waals surface area contributed by atoms with Crippen molar-refractivity contribution in [3.8, 4) is 6.07 Å². The summed E-state index contributed by atoms with van der Waals surface area (Å²) in [6.45, 7) is 1.08. The second-order valence-corrected chi connectivity index (χ2v) is 4.89. The lowest BCUT2D eigenvalue weighted by Crippen LogP contribution is -2.16. The number of rotatable bonds is 3. The van der Waals surface area contributed by atoms with Gasteiger partial charge in [-0.3, -0.25) is 9.59 Å². The van der Waals surface area contributed by atoms with Gasteiger partial charge in [-0.2, -0.15) is 5.26 Å². The molecule has 116 valence electrons. The molecule has 0 saturated carbocycles. The lowest BCUT2D eigenvalue weighted by Gasteiger charge is -2.11. The summed E-state index contributed by atoms with van der Waals surface area (Å²) in [4.78, 5) is 27.4. The quantitative estimate of drug-likeness (QED) is 0.872. The van der Waals surface area contributed by atoms with E-state index in [9.17, 15) is 18.4 Å². The van der Waals surface area contributed by atoms with E-state index < -0.39 is 28.9 Å². The average Bonchev–Trinajstić information content (AvgIpc) is 2.46. The Morgan fingerprint density at radius 1 is 1.30 bits per heavy atom. The fourth-order valence-electron chi connectivity index (χ4n) is 1.89. The number of nitriles is 1. The first kappa shape index (κ1) is 16.5. The minimum Gasteiger partial charge on any atom is -0.321 e. The number of hydrogen-bond acceptors (Lipinski definition) is 4. The van der Waals surface area contributed by atoms with Crippen LogP contribution in [0.5, 0.6) is 0 Å². The molecule has 1 aromatic heterocycles. The number of ketones is 1. The molecule has 1 N–H and O–H groups in total. The van der Waals surface area contributed by atoms with Gasteiger partial charge in [0.05, 0.1) is 21.8 Å². The number of halogens is 3. The Morgan fingerprint density at radius 2 is 2.00 bits per heavy atom. The topological polar surface area (TPSA) is 82.9 Å². The average molecular weight is 336 g/mol. The fourth-order valence-corrected chi connectivity index (χ4v) is 2.08. The van der Waals surface area contributed by atoms with E-state index in [-0.39, 0.29) is 22.0 Å². The van der Waals surface area contributed by atoms with Gasteiger partial charge in [0.1, 0.15) is 23.4 Å². The molecule has 0 atom stereocenters. The fraction of sp³-hybridized carbons (Fsp3) is 0.0667. The number of hydrogen-bond donors (Lipinski definition) is 1. The predicted octanol–water partition coefficient (Wildman–Crippen LogP) is 3.34. The van der Waals surface area contributed by atoms with Gasteiger partial charge in [-0.05, 0) is 19.1 Å². The Balaban J connectivity index is 2.46. The van der Waals surface area contributed by atoms with Crippen molar-refractivity contribution < 1.29 is 18.4 Å². The van der Waals surface area contributed by atoms with Crippen molar-refractivity contribution in [2.45, 2.75) is 6.92 Å². The summed E-state index contributed by atoms with van der Waals surface area (Å²) in [5.41, 5.74) is -0.953. The second-order valence-electron chi connectivity index (χ2n) is 4.48. The molecule has 0 fully saturated rings. The molecule has 0 radical (unpaired) electrons. The third kappa shape index (κ3) is 3.49. The highest BCUT2D eigenvalue weighted by molar-refractivity contribution is 6.34. The van der Waals surface area contributed by atoms with E-state index >= 15 is 0 Å². The van der Waals surface area contributed by atoms with Crippen molar-refractivity contribution in [2.75, 3.05) is 5.32 Å². The van der Waals surface area contributed by atoms with E-state index in [0.29, 0.717) is 6.07 Å². The number of carbonyl (C=O) groups is 2. The van der Waals surface area contributed by atoms with Gasteiger partial charge >= 0.3 is 0 Å². The molecule has 0 unspecified atom stereocenters. The molecule has 1 amide bonds. The van der Waals surface area contributed by atoms with Gasteiger partial charge in [-0.15, -0.1) is 0 Å². The SMILES string of the molecule is CC(=O)c1c(F)cc(F)cc1NC(=O)c1cc(C#N)ncc1Cl. The van der Waals surface area contributed by atoms with Gasteiger partial charge in [0.15, 0.2) is 5.78 Å². The first-order valence-corrected chi connectivity index (χ1v) is 6.58. The minimum atomic E-state index is -1.09. The molecule has 2 aromatic rings. The van der Waals surface area contributed by atoms with Gasteiger partial charge in [-0.1, -0.05) is 11.6 Å². The molecule has 0 saturated heterocycles. The van der Waals surface area contributed by atoms with Crippen LogP contribution < -0.4 is 5.32 Å². The molecule has 0 aliphatic rings. The molecular formula is C15H8ClF2N3O2. The number of nitrogens with one attached hydrogen (secondary N) is 1. The molecule has 0 aliphatic heterocycles. The Bertz CT molecular complexity index is 863. The number of aromatic nitrogens is 1. The molecule has 0 spiro atoms. The van der Waals surface area contributed by atoms with Gasteiger partial charge in [0.25, 0.3) is 5.91 Å². The van der Waals surface area contributed by atoms with Crippen LogP contribution in [-0.2, 0) is 0 Å². The summed E-state index contributed by atoms with van der Waals surface area (Å²) in [6.07, 6.45) is 1.10. The molecule has 0 aliphatic carbocycles. The van der Waals surface area contributed by atoms with Crippen LogP contribution in [0.3, 0.4) is 0 Å². The predicted molar refractivity (Wildman–Crippen MR) is 78.3 cm³/mol. The van der Waals surface area contributed by atoms with Crippen LogP contribution >= 0.6 is 11.6 Å². The molecule has 23 heavy (non-hydrogen) atoms. The van der Waals surface area contributed by atoms with Gasteiger partial charge < -0.3 is 5.32 Å². The summed E-state index contributed by atoms with van der Waals surface area (Å²) in [5.74, 6) is -3.56. The Morgan fingerprint density at radius 3 is 2.61 bits per heavy atom. The number of nitrogens with zero attached hydrogens (tertiary/aromatic N) is 2. The first-order chi connectivity index (χ1) is 10.8. The summed E-state index contributed by atoms with van der Waals surface area (Å²) in [6, 6.07) is 4.22. The maximum atomic E-state index is 13.7. The Kier molecular flexibility index (Phi) is 4.67. The van der Waals surface area contributed by atoms with Crippen LogP contribution in [-0.4, -0.2) is 16.7 Å². The summed E-state index contributed by atoms with van der Waals surface area (Å²) >= 11 is 5.83. The van der Waals surface area contributed by atoms with Gasteiger partial charge in [-0.25, -0.2) is 13.8 Å². The van der Waals surface area contributed by atoms with Crippen molar-refractivity contribution >= 4 is 29.0 Å². The van der Waals surface area contributed by atoms with Crippen molar-refractivity contribution in [3.63, 3.8) is 0 Å². The van der Waals surface area contributed by atoms with Crippen molar-refractivity contribution in [2.24, 2.45) is 0 Å². The first-order valence-electron chi connectivity index (χ1n) is 6.20. The number of benzene rings is 1. The van der Waals surface area contributed by atoms with E-state index in [1.165, 1.54) is 0 Å². The summed E-state index contributed by atoms with van der Waals surface area (Å²) in [7, 11) is 0. The maximum Gasteiger partial charge on any atom is 0.257 e. The van der Waals surface area contributed by atoms with Crippen LogP contribution in [0.15, 0.2) is 24.4 Å². The number of amides is 1. The highest BCUT2D eigenvalue weighted by atomic mass is 35.5. The third-order valence-electron chi connectivity index (χ3n) is 2.87. The van der Waals surface area contributed by atoms with E-state index in [4.69, 9.17) is 16.9 Å². The van der Waals surface area contributed by atoms with Crippen LogP contribution in [0.4, 0.5) is 14.5 Å². The monoisotopic (exact) mass is 335 g/mol. The molecule has 2 rings (SSSR count). The van der Waals surface area contributed by atoms with Crippen molar-refractivity contribution in [1.29, 1.82) is 5.26 Å². The highest BCUT2D eigenvalue weighted by Gasteiger charge is 2.19. The third-order valence-corrected chi connectivity index (χ3v) is 3.17. The zero-order valence-corrected chi connectivity index (χ0v) is 12.4. The van der Waals surface area contributed by atoms with Crippen LogP contribution in [0.2, 0.25) is 5.02 Å². The lowest BCUT2D eigenvalue weighted by atomic mass is 10.1. The van der Waals surface area contributed by atoms with Crippen molar-refractivity contribution in [3.05, 3.63) is 57.9 Å². The molecular weight excluding hydrogens is 328 g/mol. The van der Waals surface area contributed by atoms with E-state index in [0.717, 1.165) is 25.3 Å². The van der Waals surface area contributed by atoms with Crippen molar-refractivity contribution in [1.82, 2.24) is 4.98 Å². The second kappa shape index (κ2) is 6.50. The minimum absolute atomic E-state index is 0.0530.